The van der Waals surface area contributed by atoms with E-state index in [1.54, 1.807) is 6.92 Å². The molecule has 1 aromatic carbocycles. The lowest BCUT2D eigenvalue weighted by Crippen LogP contribution is -2.26. The first-order valence-electron chi connectivity index (χ1n) is 9.87. The average Bonchev–Trinajstić information content (AvgIpc) is 3.42. The molecule has 0 aliphatic carbocycles. The van der Waals surface area contributed by atoms with Crippen LogP contribution in [0.4, 0.5) is 11.6 Å². The van der Waals surface area contributed by atoms with Crippen molar-refractivity contribution in [2.75, 3.05) is 11.4 Å². The number of hydrogen-bond acceptors (Lipinski definition) is 8. The van der Waals surface area contributed by atoms with Gasteiger partial charge in [0.05, 0.1) is 6.54 Å². The third kappa shape index (κ3) is 4.14. The van der Waals surface area contributed by atoms with Crippen LogP contribution in [0.2, 0.25) is 0 Å². The highest BCUT2D eigenvalue weighted by Crippen LogP contribution is 2.33. The van der Waals surface area contributed by atoms with Gasteiger partial charge in [-0.2, -0.15) is 10.1 Å². The number of nitrogens with one attached hydrogen (secondary N) is 1. The first kappa shape index (κ1) is 19.1. The highest BCUT2D eigenvalue weighted by molar-refractivity contribution is 5.68. The number of fused-ring (bicyclic) bond motifs is 1. The molecule has 2 aromatic heterocycles. The lowest BCUT2D eigenvalue weighted by atomic mass is 9.99. The van der Waals surface area contributed by atoms with Crippen LogP contribution in [0.3, 0.4) is 0 Å². The Bertz CT molecular complexity index is 996. The maximum Gasteiger partial charge on any atom is 0.324 e. The Morgan fingerprint density at radius 2 is 2.21 bits per heavy atom. The van der Waals surface area contributed by atoms with E-state index in [2.05, 4.69) is 37.8 Å². The number of aromatic nitrogens is 4. The minimum atomic E-state index is -0.272. The topological polar surface area (TPSA) is 98.3 Å². The molecule has 0 radical (unpaired) electrons. The molecule has 1 aliphatic rings. The summed E-state index contributed by atoms with van der Waals surface area (Å²) in [5.41, 5.74) is 6.71. The zero-order valence-electron chi connectivity index (χ0n) is 16.6. The Kier molecular flexibility index (Phi) is 5.57. The highest BCUT2D eigenvalue weighted by Gasteiger charge is 2.23. The predicted octanol–water partition coefficient (Wildman–Crippen LogP) is 3.00. The Balaban J connectivity index is 1.50. The quantitative estimate of drug-likeness (QED) is 0.609. The third-order valence-corrected chi connectivity index (χ3v) is 4.85. The van der Waals surface area contributed by atoms with Crippen molar-refractivity contribution in [3.05, 3.63) is 41.6 Å². The maximum absolute atomic E-state index is 11.2. The van der Waals surface area contributed by atoms with Crippen LogP contribution in [0.25, 0.3) is 11.6 Å². The Morgan fingerprint density at radius 1 is 1.31 bits per heavy atom. The number of anilines is 2. The van der Waals surface area contributed by atoms with Gasteiger partial charge >= 0.3 is 5.97 Å². The Labute approximate surface area is 168 Å². The van der Waals surface area contributed by atoms with Gasteiger partial charge in [-0.3, -0.25) is 9.48 Å². The molecule has 1 N–H and O–H groups in total. The number of hydrogen-bond donors (Lipinski definition) is 1. The predicted molar refractivity (Wildman–Crippen MR) is 106 cm³/mol. The molecule has 0 amide bonds. The molecule has 0 saturated heterocycles. The number of hydroxylamine groups is 1. The van der Waals surface area contributed by atoms with E-state index in [4.69, 9.17) is 9.36 Å². The van der Waals surface area contributed by atoms with Gasteiger partial charge in [0.25, 0.3) is 11.8 Å². The van der Waals surface area contributed by atoms with Gasteiger partial charge < -0.3 is 14.3 Å². The summed E-state index contributed by atoms with van der Waals surface area (Å²) in [4.78, 5) is 22.8. The first-order valence-corrected chi connectivity index (χ1v) is 9.87. The molecule has 9 nitrogen and oxygen atoms in total. The fourth-order valence-corrected chi connectivity index (χ4v) is 3.32. The van der Waals surface area contributed by atoms with E-state index in [1.807, 2.05) is 29.9 Å². The normalized spacial score (nSPS) is 13.4. The van der Waals surface area contributed by atoms with Gasteiger partial charge in [-0.05, 0) is 48.2 Å². The van der Waals surface area contributed by atoms with Crippen molar-refractivity contribution < 1.29 is 14.2 Å². The summed E-state index contributed by atoms with van der Waals surface area (Å²) in [6.07, 6.45) is 4.20. The summed E-state index contributed by atoms with van der Waals surface area (Å²) in [5.74, 6) is 0.679. The molecule has 0 bridgehead atoms. The van der Waals surface area contributed by atoms with Crippen molar-refractivity contribution in [3.8, 4) is 11.6 Å². The molecule has 0 unspecified atom stereocenters. The van der Waals surface area contributed by atoms with Gasteiger partial charge in [0, 0.05) is 31.4 Å². The number of aryl methyl sites for hydroxylation is 2. The molecular weight excluding hydrogens is 372 g/mol. The number of rotatable bonds is 7. The average molecular weight is 396 g/mol. The molecule has 1 aliphatic heterocycles. The summed E-state index contributed by atoms with van der Waals surface area (Å²) < 4.78 is 7.27. The van der Waals surface area contributed by atoms with Gasteiger partial charge in [-0.25, -0.2) is 0 Å². The SMILES string of the molecule is CCC(=O)ONCc1ccc2c(c1)CCCN2c1noc(-c2ccn(CC)n2)n1. The van der Waals surface area contributed by atoms with Gasteiger partial charge in [0.1, 0.15) is 0 Å². The van der Waals surface area contributed by atoms with Crippen LogP contribution < -0.4 is 10.4 Å². The van der Waals surface area contributed by atoms with Crippen molar-refractivity contribution >= 4 is 17.6 Å². The van der Waals surface area contributed by atoms with E-state index in [-0.39, 0.29) is 5.97 Å². The third-order valence-electron chi connectivity index (χ3n) is 4.85. The van der Waals surface area contributed by atoms with Crippen molar-refractivity contribution in [1.29, 1.82) is 0 Å². The van der Waals surface area contributed by atoms with E-state index in [0.717, 1.165) is 37.2 Å². The van der Waals surface area contributed by atoms with Crippen LogP contribution >= 0.6 is 0 Å². The minimum absolute atomic E-state index is 0.272. The van der Waals surface area contributed by atoms with Crippen molar-refractivity contribution in [2.24, 2.45) is 0 Å². The molecule has 3 aromatic rings. The Hall–Kier alpha value is -3.20. The standard InChI is InChI=1S/C20H24N6O3/c1-3-18(27)28-21-13-14-7-8-17-15(12-14)6-5-10-26(17)20-22-19(29-24-20)16-9-11-25(4-2)23-16/h7-9,11-12,21H,3-6,10,13H2,1-2H3. The van der Waals surface area contributed by atoms with Crippen molar-refractivity contribution in [2.45, 2.75) is 46.2 Å². The van der Waals surface area contributed by atoms with Gasteiger partial charge in [-0.1, -0.05) is 19.1 Å². The van der Waals surface area contributed by atoms with Crippen LogP contribution in [0.1, 0.15) is 37.8 Å². The summed E-state index contributed by atoms with van der Waals surface area (Å²) in [5, 5.41) is 8.59. The smallest absolute Gasteiger partial charge is 0.324 e. The number of carbonyl (C=O) groups is 1. The second-order valence-electron chi connectivity index (χ2n) is 6.82. The lowest BCUT2D eigenvalue weighted by Gasteiger charge is -2.28. The minimum Gasteiger partial charge on any atom is -0.370 e. The number of carbonyl (C=O) groups excluding carboxylic acids is 1. The Morgan fingerprint density at radius 3 is 3.00 bits per heavy atom. The molecule has 0 atom stereocenters. The molecule has 4 rings (SSSR count). The molecule has 152 valence electrons. The summed E-state index contributed by atoms with van der Waals surface area (Å²) in [6, 6.07) is 8.05. The fraction of sp³-hybridized carbons (Fsp3) is 0.400. The molecule has 0 spiro atoms. The van der Waals surface area contributed by atoms with Crippen LogP contribution in [-0.4, -0.2) is 32.4 Å². The summed E-state index contributed by atoms with van der Waals surface area (Å²) in [6.45, 7) is 5.86. The zero-order chi connectivity index (χ0) is 20.2. The van der Waals surface area contributed by atoms with E-state index in [1.165, 1.54) is 5.56 Å². The van der Waals surface area contributed by atoms with E-state index >= 15 is 0 Å². The summed E-state index contributed by atoms with van der Waals surface area (Å²) in [7, 11) is 0. The highest BCUT2D eigenvalue weighted by atomic mass is 16.7. The van der Waals surface area contributed by atoms with Crippen LogP contribution in [-0.2, 0) is 29.1 Å². The number of nitrogens with zero attached hydrogens (tertiary/aromatic N) is 5. The molecule has 29 heavy (non-hydrogen) atoms. The van der Waals surface area contributed by atoms with Crippen molar-refractivity contribution in [1.82, 2.24) is 25.4 Å². The van der Waals surface area contributed by atoms with Gasteiger partial charge in [0.15, 0.2) is 5.69 Å². The maximum atomic E-state index is 11.2. The zero-order valence-corrected chi connectivity index (χ0v) is 16.6. The van der Waals surface area contributed by atoms with Gasteiger partial charge in [-0.15, -0.1) is 5.48 Å². The molecule has 0 saturated carbocycles. The second-order valence-corrected chi connectivity index (χ2v) is 6.82. The lowest BCUT2D eigenvalue weighted by molar-refractivity contribution is -0.151. The number of benzene rings is 1. The van der Waals surface area contributed by atoms with Crippen LogP contribution in [0.15, 0.2) is 35.0 Å². The van der Waals surface area contributed by atoms with E-state index in [0.29, 0.717) is 30.5 Å². The van der Waals surface area contributed by atoms with Crippen molar-refractivity contribution in [3.63, 3.8) is 0 Å². The fourth-order valence-electron chi connectivity index (χ4n) is 3.32. The second kappa shape index (κ2) is 8.44. The molecule has 0 fully saturated rings. The van der Waals surface area contributed by atoms with Crippen LogP contribution in [0.5, 0.6) is 0 Å². The molecule has 9 heteroatoms. The summed E-state index contributed by atoms with van der Waals surface area (Å²) >= 11 is 0. The van der Waals surface area contributed by atoms with Gasteiger partial charge in [0.2, 0.25) is 0 Å². The largest absolute Gasteiger partial charge is 0.370 e. The molecule has 3 heterocycles. The van der Waals surface area contributed by atoms with E-state index < -0.39 is 0 Å². The van der Waals surface area contributed by atoms with Crippen LogP contribution in [0, 0.1) is 0 Å². The van der Waals surface area contributed by atoms with E-state index in [9.17, 15) is 4.79 Å². The monoisotopic (exact) mass is 396 g/mol. The molecular formula is C20H24N6O3. The first-order chi connectivity index (χ1) is 14.2.